The predicted octanol–water partition coefficient (Wildman–Crippen LogP) is 1.72. The van der Waals surface area contributed by atoms with Crippen LogP contribution in [0.25, 0.3) is 0 Å². The van der Waals surface area contributed by atoms with Crippen LogP contribution in [-0.4, -0.2) is 25.4 Å². The van der Waals surface area contributed by atoms with Crippen LogP contribution < -0.4 is 5.32 Å². The van der Waals surface area contributed by atoms with Crippen molar-refractivity contribution in [2.45, 2.75) is 57.8 Å². The number of aryl methyl sites for hydroxylation is 1. The summed E-state index contributed by atoms with van der Waals surface area (Å²) in [6, 6.07) is 2.96. The van der Waals surface area contributed by atoms with Gasteiger partial charge in [-0.2, -0.15) is 0 Å². The molecule has 1 aliphatic heterocycles. The van der Waals surface area contributed by atoms with E-state index in [1.54, 1.807) is 0 Å². The van der Waals surface area contributed by atoms with Crippen LogP contribution in [0.4, 0.5) is 0 Å². The van der Waals surface area contributed by atoms with Crippen LogP contribution in [0.3, 0.4) is 0 Å². The van der Waals surface area contributed by atoms with E-state index in [-0.39, 0.29) is 0 Å². The van der Waals surface area contributed by atoms with E-state index in [9.17, 15) is 0 Å². The van der Waals surface area contributed by atoms with Crippen molar-refractivity contribution in [1.82, 2.24) is 24.6 Å². The normalized spacial score (nSPS) is 18.2. The lowest BCUT2D eigenvalue weighted by molar-refractivity contribution is 0.502. The summed E-state index contributed by atoms with van der Waals surface area (Å²) in [5, 5.41) is 12.2. The Morgan fingerprint density at radius 1 is 1.25 bits per heavy atom. The Bertz CT molecular complexity index is 593. The fraction of sp³-hybridized carbons (Fsp3) is 0.600. The molecule has 2 aromatic heterocycles. The van der Waals surface area contributed by atoms with Gasteiger partial charge in [-0.05, 0) is 37.3 Å². The maximum absolute atomic E-state index is 4.36. The maximum Gasteiger partial charge on any atom is 0.152 e. The first kappa shape index (κ1) is 12.1. The lowest BCUT2D eigenvalue weighted by atomic mass is 10.2. The highest BCUT2D eigenvalue weighted by Crippen LogP contribution is 2.19. The molecule has 2 aliphatic rings. The quantitative estimate of drug-likeness (QED) is 0.900. The smallest absolute Gasteiger partial charge is 0.152 e. The molecule has 2 aromatic rings. The van der Waals surface area contributed by atoms with Crippen molar-refractivity contribution in [3.63, 3.8) is 0 Å². The summed E-state index contributed by atoms with van der Waals surface area (Å²) >= 11 is 0. The van der Waals surface area contributed by atoms with Crippen molar-refractivity contribution >= 4 is 0 Å². The lowest BCUT2D eigenvalue weighted by Crippen LogP contribution is -2.15. The van der Waals surface area contributed by atoms with Gasteiger partial charge < -0.3 is 14.5 Å². The van der Waals surface area contributed by atoms with Gasteiger partial charge in [-0.3, -0.25) is 0 Å². The van der Waals surface area contributed by atoms with Crippen LogP contribution in [0.1, 0.15) is 42.9 Å². The SMILES string of the molecule is c1cn(Cc2nnc3n2CCCC3)cc1CNC1CC1. The van der Waals surface area contributed by atoms with E-state index in [4.69, 9.17) is 0 Å². The number of aromatic nitrogens is 4. The van der Waals surface area contributed by atoms with Gasteiger partial charge in [0.15, 0.2) is 5.82 Å². The average molecular weight is 271 g/mol. The first-order valence-corrected chi connectivity index (χ1v) is 7.67. The minimum Gasteiger partial charge on any atom is -0.346 e. The van der Waals surface area contributed by atoms with Gasteiger partial charge in [-0.25, -0.2) is 0 Å². The van der Waals surface area contributed by atoms with Crippen LogP contribution in [-0.2, 0) is 26.1 Å². The van der Waals surface area contributed by atoms with Gasteiger partial charge in [-0.1, -0.05) is 0 Å². The summed E-state index contributed by atoms with van der Waals surface area (Å²) in [6.45, 7) is 2.89. The van der Waals surface area contributed by atoms with Crippen molar-refractivity contribution in [2.24, 2.45) is 0 Å². The van der Waals surface area contributed by atoms with E-state index in [0.29, 0.717) is 0 Å². The average Bonchev–Trinajstić information content (AvgIpc) is 3.06. The standard InChI is InChI=1S/C15H21N5/c1-2-7-20-14(3-1)17-18-15(20)11-19-8-6-12(10-19)9-16-13-4-5-13/h6,8,10,13,16H,1-5,7,9,11H2. The zero-order chi connectivity index (χ0) is 13.4. The molecule has 3 heterocycles. The van der Waals surface area contributed by atoms with Gasteiger partial charge in [0.1, 0.15) is 5.82 Å². The minimum absolute atomic E-state index is 0.766. The summed E-state index contributed by atoms with van der Waals surface area (Å²) in [5.74, 6) is 2.26. The van der Waals surface area contributed by atoms with Crippen molar-refractivity contribution in [1.29, 1.82) is 0 Å². The Morgan fingerprint density at radius 2 is 2.20 bits per heavy atom. The molecule has 1 saturated carbocycles. The number of rotatable bonds is 5. The Kier molecular flexibility index (Phi) is 3.07. The molecular weight excluding hydrogens is 250 g/mol. The number of nitrogens with one attached hydrogen (secondary N) is 1. The molecule has 4 rings (SSSR count). The highest BCUT2D eigenvalue weighted by molar-refractivity contribution is 5.12. The molecule has 20 heavy (non-hydrogen) atoms. The van der Waals surface area contributed by atoms with Gasteiger partial charge in [0.2, 0.25) is 0 Å². The maximum atomic E-state index is 4.36. The fourth-order valence-electron chi connectivity index (χ4n) is 2.89. The van der Waals surface area contributed by atoms with Crippen molar-refractivity contribution in [3.05, 3.63) is 35.7 Å². The van der Waals surface area contributed by atoms with E-state index >= 15 is 0 Å². The number of hydrogen-bond donors (Lipinski definition) is 1. The van der Waals surface area contributed by atoms with E-state index in [1.807, 2.05) is 0 Å². The molecule has 1 N–H and O–H groups in total. The number of nitrogens with zero attached hydrogens (tertiary/aromatic N) is 4. The first-order chi connectivity index (χ1) is 9.88. The van der Waals surface area contributed by atoms with Crippen molar-refractivity contribution in [2.75, 3.05) is 0 Å². The van der Waals surface area contributed by atoms with Gasteiger partial charge in [0.05, 0.1) is 6.54 Å². The summed E-state index contributed by atoms with van der Waals surface area (Å²) in [6.07, 6.45) is 10.6. The Morgan fingerprint density at radius 3 is 3.10 bits per heavy atom. The molecule has 0 saturated heterocycles. The molecule has 0 spiro atoms. The van der Waals surface area contributed by atoms with Crippen LogP contribution >= 0.6 is 0 Å². The number of hydrogen-bond acceptors (Lipinski definition) is 3. The third-order valence-corrected chi connectivity index (χ3v) is 4.24. The van der Waals surface area contributed by atoms with Crippen LogP contribution in [0.15, 0.2) is 18.5 Å². The molecule has 0 amide bonds. The number of fused-ring (bicyclic) bond motifs is 1. The zero-order valence-corrected chi connectivity index (χ0v) is 11.8. The van der Waals surface area contributed by atoms with Crippen LogP contribution in [0, 0.1) is 0 Å². The summed E-state index contributed by atoms with van der Waals surface area (Å²) < 4.78 is 4.52. The van der Waals surface area contributed by atoms with Crippen molar-refractivity contribution in [3.8, 4) is 0 Å². The second-order valence-electron chi connectivity index (χ2n) is 5.99. The third-order valence-electron chi connectivity index (χ3n) is 4.24. The molecule has 1 fully saturated rings. The minimum atomic E-state index is 0.766. The molecule has 5 heteroatoms. The second kappa shape index (κ2) is 5.05. The van der Waals surface area contributed by atoms with E-state index in [2.05, 4.69) is 43.1 Å². The molecule has 5 nitrogen and oxygen atoms in total. The summed E-state index contributed by atoms with van der Waals surface area (Å²) in [7, 11) is 0. The highest BCUT2D eigenvalue weighted by Gasteiger charge is 2.20. The van der Waals surface area contributed by atoms with Crippen molar-refractivity contribution < 1.29 is 0 Å². The van der Waals surface area contributed by atoms with E-state index in [0.717, 1.165) is 43.7 Å². The molecule has 0 radical (unpaired) electrons. The van der Waals surface area contributed by atoms with E-state index < -0.39 is 0 Å². The van der Waals surface area contributed by atoms with Gasteiger partial charge in [0, 0.05) is 37.9 Å². The van der Waals surface area contributed by atoms with Gasteiger partial charge in [0.25, 0.3) is 0 Å². The Labute approximate surface area is 119 Å². The highest BCUT2D eigenvalue weighted by atomic mass is 15.3. The molecule has 0 atom stereocenters. The molecule has 106 valence electrons. The van der Waals surface area contributed by atoms with Crippen LogP contribution in [0.2, 0.25) is 0 Å². The largest absolute Gasteiger partial charge is 0.346 e. The van der Waals surface area contributed by atoms with Gasteiger partial charge in [-0.15, -0.1) is 10.2 Å². The molecule has 0 bridgehead atoms. The first-order valence-electron chi connectivity index (χ1n) is 7.67. The zero-order valence-electron chi connectivity index (χ0n) is 11.8. The van der Waals surface area contributed by atoms with E-state index in [1.165, 1.54) is 31.2 Å². The summed E-state index contributed by atoms with van der Waals surface area (Å²) in [4.78, 5) is 0. The summed E-state index contributed by atoms with van der Waals surface area (Å²) in [5.41, 5.74) is 1.36. The Balaban J connectivity index is 1.44. The predicted molar refractivity (Wildman–Crippen MR) is 76.4 cm³/mol. The van der Waals surface area contributed by atoms with Crippen LogP contribution in [0.5, 0.6) is 0 Å². The topological polar surface area (TPSA) is 47.7 Å². The second-order valence-corrected chi connectivity index (χ2v) is 5.99. The van der Waals surface area contributed by atoms with Gasteiger partial charge >= 0.3 is 0 Å². The molecule has 1 aliphatic carbocycles. The molecular formula is C15H21N5. The third kappa shape index (κ3) is 2.50. The lowest BCUT2D eigenvalue weighted by Gasteiger charge is -2.14. The Hall–Kier alpha value is -1.62. The molecule has 0 unspecified atom stereocenters. The molecule has 0 aromatic carbocycles. The monoisotopic (exact) mass is 271 g/mol. The fourth-order valence-corrected chi connectivity index (χ4v) is 2.89.